The van der Waals surface area contributed by atoms with E-state index in [-0.39, 0.29) is 30.3 Å². The summed E-state index contributed by atoms with van der Waals surface area (Å²) in [4.78, 5) is 0. The fraction of sp³-hybridized carbons (Fsp3) is 0.667. The van der Waals surface area contributed by atoms with E-state index in [2.05, 4.69) is 52.0 Å². The van der Waals surface area contributed by atoms with Crippen molar-refractivity contribution >= 4 is 12.6 Å². The molecule has 1 aromatic carbocycles. The number of benzene rings is 1. The molecule has 126 valence electrons. The van der Waals surface area contributed by atoms with E-state index in [0.29, 0.717) is 13.2 Å². The zero-order chi connectivity index (χ0) is 16.7. The average molecular weight is 318 g/mol. The van der Waals surface area contributed by atoms with Crippen LogP contribution in [0.25, 0.3) is 0 Å². The van der Waals surface area contributed by atoms with Crippen LogP contribution in [0, 0.1) is 0 Å². The van der Waals surface area contributed by atoms with Gasteiger partial charge in [0.2, 0.25) is 0 Å². The molecule has 2 aliphatic heterocycles. The van der Waals surface area contributed by atoms with Crippen LogP contribution in [0.4, 0.5) is 0 Å². The first kappa shape index (κ1) is 17.0. The van der Waals surface area contributed by atoms with Gasteiger partial charge in [0.1, 0.15) is 0 Å². The molecule has 0 aliphatic carbocycles. The second-order valence-electron chi connectivity index (χ2n) is 7.76. The monoisotopic (exact) mass is 318 g/mol. The zero-order valence-electron chi connectivity index (χ0n) is 14.6. The highest BCUT2D eigenvalue weighted by Crippen LogP contribution is 2.37. The van der Waals surface area contributed by atoms with E-state index in [1.807, 2.05) is 0 Å². The first-order valence-electron chi connectivity index (χ1n) is 8.44. The smallest absolute Gasteiger partial charge is 0.399 e. The van der Waals surface area contributed by atoms with Crippen molar-refractivity contribution in [1.29, 1.82) is 0 Å². The van der Waals surface area contributed by atoms with Gasteiger partial charge < -0.3 is 19.2 Å². The normalized spacial score (nSPS) is 25.5. The Bertz CT molecular complexity index is 531. The summed E-state index contributed by atoms with van der Waals surface area (Å²) >= 11 is 0. The standard InChI is InChI=1S/C18H27BO4/c1-16(2)17(3,4)23-19(22-16)15-7-5-14(6-8-15)18(13-20)9-11-21-12-10-18/h5-8,20H,9-13H2,1-4H3. The van der Waals surface area contributed by atoms with Crippen molar-refractivity contribution in [2.75, 3.05) is 19.8 Å². The highest BCUT2D eigenvalue weighted by molar-refractivity contribution is 6.62. The third-order valence-corrected chi connectivity index (χ3v) is 5.80. The van der Waals surface area contributed by atoms with E-state index in [4.69, 9.17) is 14.0 Å². The fourth-order valence-electron chi connectivity index (χ4n) is 3.27. The predicted octanol–water partition coefficient (Wildman–Crippen LogP) is 2.03. The van der Waals surface area contributed by atoms with E-state index < -0.39 is 0 Å². The van der Waals surface area contributed by atoms with Gasteiger partial charge in [0, 0.05) is 18.6 Å². The van der Waals surface area contributed by atoms with Crippen LogP contribution in [0.1, 0.15) is 46.1 Å². The molecule has 0 saturated carbocycles. The summed E-state index contributed by atoms with van der Waals surface area (Å²) < 4.78 is 17.6. The van der Waals surface area contributed by atoms with Crippen LogP contribution in [0.15, 0.2) is 24.3 Å². The summed E-state index contributed by atoms with van der Waals surface area (Å²) in [5, 5.41) is 9.91. The Labute approximate surface area is 139 Å². The van der Waals surface area contributed by atoms with Crippen LogP contribution in [-0.4, -0.2) is 43.2 Å². The lowest BCUT2D eigenvalue weighted by Crippen LogP contribution is -2.41. The van der Waals surface area contributed by atoms with Gasteiger partial charge in [0.15, 0.2) is 0 Å². The van der Waals surface area contributed by atoms with Crippen LogP contribution in [0.5, 0.6) is 0 Å². The van der Waals surface area contributed by atoms with Crippen LogP contribution < -0.4 is 5.46 Å². The van der Waals surface area contributed by atoms with Crippen molar-refractivity contribution < 1.29 is 19.2 Å². The molecule has 4 nitrogen and oxygen atoms in total. The maximum absolute atomic E-state index is 9.91. The third kappa shape index (κ3) is 2.96. The Morgan fingerprint density at radius 1 is 0.957 bits per heavy atom. The molecule has 0 bridgehead atoms. The van der Waals surface area contributed by atoms with Gasteiger partial charge in [-0.05, 0) is 51.6 Å². The zero-order valence-corrected chi connectivity index (χ0v) is 14.6. The summed E-state index contributed by atoms with van der Waals surface area (Å²) in [7, 11) is -0.339. The molecular formula is C18H27BO4. The lowest BCUT2D eigenvalue weighted by Gasteiger charge is -2.36. The quantitative estimate of drug-likeness (QED) is 0.867. The van der Waals surface area contributed by atoms with Gasteiger partial charge in [-0.3, -0.25) is 0 Å². The molecule has 0 atom stereocenters. The summed E-state index contributed by atoms with van der Waals surface area (Å²) in [5.74, 6) is 0. The van der Waals surface area contributed by atoms with E-state index in [1.165, 1.54) is 5.56 Å². The molecule has 2 saturated heterocycles. The molecule has 0 radical (unpaired) electrons. The van der Waals surface area contributed by atoms with Crippen molar-refractivity contribution in [2.45, 2.75) is 57.2 Å². The van der Waals surface area contributed by atoms with E-state index in [0.717, 1.165) is 18.3 Å². The summed E-state index contributed by atoms with van der Waals surface area (Å²) in [6.07, 6.45) is 1.72. The molecular weight excluding hydrogens is 291 g/mol. The average Bonchev–Trinajstić information content (AvgIpc) is 2.76. The molecule has 2 heterocycles. The largest absolute Gasteiger partial charge is 0.494 e. The number of hydrogen-bond acceptors (Lipinski definition) is 4. The Morgan fingerprint density at radius 3 is 1.96 bits per heavy atom. The van der Waals surface area contributed by atoms with E-state index in [9.17, 15) is 5.11 Å². The molecule has 0 unspecified atom stereocenters. The van der Waals surface area contributed by atoms with Gasteiger partial charge in [-0.15, -0.1) is 0 Å². The minimum Gasteiger partial charge on any atom is -0.399 e. The van der Waals surface area contributed by atoms with Gasteiger partial charge >= 0.3 is 7.12 Å². The number of rotatable bonds is 3. The Balaban J connectivity index is 1.80. The number of hydrogen-bond donors (Lipinski definition) is 1. The summed E-state index contributed by atoms with van der Waals surface area (Å²) in [6, 6.07) is 8.32. The number of ether oxygens (including phenoxy) is 1. The van der Waals surface area contributed by atoms with Crippen molar-refractivity contribution in [1.82, 2.24) is 0 Å². The predicted molar refractivity (Wildman–Crippen MR) is 91.0 cm³/mol. The molecule has 2 fully saturated rings. The molecule has 0 amide bonds. The van der Waals surface area contributed by atoms with Gasteiger partial charge in [-0.25, -0.2) is 0 Å². The van der Waals surface area contributed by atoms with Crippen LogP contribution in [0.3, 0.4) is 0 Å². The molecule has 2 aliphatic rings. The van der Waals surface area contributed by atoms with Crippen molar-refractivity contribution in [2.24, 2.45) is 0 Å². The molecule has 5 heteroatoms. The Hall–Kier alpha value is -0.875. The lowest BCUT2D eigenvalue weighted by molar-refractivity contribution is 0.00578. The van der Waals surface area contributed by atoms with Crippen LogP contribution >= 0.6 is 0 Å². The topological polar surface area (TPSA) is 47.9 Å². The Kier molecular flexibility index (Phi) is 4.34. The molecule has 0 aromatic heterocycles. The Morgan fingerprint density at radius 2 is 1.48 bits per heavy atom. The maximum Gasteiger partial charge on any atom is 0.494 e. The number of aliphatic hydroxyl groups is 1. The van der Waals surface area contributed by atoms with Crippen molar-refractivity contribution in [3.8, 4) is 0 Å². The minimum atomic E-state index is -0.339. The van der Waals surface area contributed by atoms with E-state index in [1.54, 1.807) is 0 Å². The molecule has 1 aromatic rings. The summed E-state index contributed by atoms with van der Waals surface area (Å²) in [6.45, 7) is 9.81. The molecule has 0 spiro atoms. The first-order chi connectivity index (χ1) is 10.8. The number of aliphatic hydroxyl groups excluding tert-OH is 1. The van der Waals surface area contributed by atoms with Gasteiger partial charge in [-0.1, -0.05) is 24.3 Å². The highest BCUT2D eigenvalue weighted by atomic mass is 16.7. The summed E-state index contributed by atoms with van der Waals surface area (Å²) in [5.41, 5.74) is 1.36. The van der Waals surface area contributed by atoms with E-state index >= 15 is 0 Å². The van der Waals surface area contributed by atoms with Crippen LogP contribution in [0.2, 0.25) is 0 Å². The molecule has 1 N–H and O–H groups in total. The van der Waals surface area contributed by atoms with Crippen LogP contribution in [-0.2, 0) is 19.5 Å². The SMILES string of the molecule is CC1(C)OB(c2ccc(C3(CO)CCOCC3)cc2)OC1(C)C. The van der Waals surface area contributed by atoms with Crippen molar-refractivity contribution in [3.63, 3.8) is 0 Å². The molecule has 3 rings (SSSR count). The maximum atomic E-state index is 9.91. The minimum absolute atomic E-state index is 0.159. The third-order valence-electron chi connectivity index (χ3n) is 5.80. The van der Waals surface area contributed by atoms with Gasteiger partial charge in [0.25, 0.3) is 0 Å². The lowest BCUT2D eigenvalue weighted by atomic mass is 9.72. The fourth-order valence-corrected chi connectivity index (χ4v) is 3.27. The second kappa shape index (κ2) is 5.89. The second-order valence-corrected chi connectivity index (χ2v) is 7.76. The highest BCUT2D eigenvalue weighted by Gasteiger charge is 2.51. The van der Waals surface area contributed by atoms with Crippen molar-refractivity contribution in [3.05, 3.63) is 29.8 Å². The van der Waals surface area contributed by atoms with Gasteiger partial charge in [-0.2, -0.15) is 0 Å². The first-order valence-corrected chi connectivity index (χ1v) is 8.44. The molecule has 23 heavy (non-hydrogen) atoms. The van der Waals surface area contributed by atoms with Gasteiger partial charge in [0.05, 0.1) is 17.8 Å².